The van der Waals surface area contributed by atoms with Gasteiger partial charge in [0, 0.05) is 24.2 Å². The van der Waals surface area contributed by atoms with E-state index < -0.39 is 18.6 Å². The van der Waals surface area contributed by atoms with Crippen LogP contribution in [0.4, 0.5) is 0 Å². The van der Waals surface area contributed by atoms with E-state index in [2.05, 4.69) is 54.5 Å². The van der Waals surface area contributed by atoms with E-state index in [1.165, 1.54) is 18.4 Å². The average Bonchev–Trinajstić information content (AvgIpc) is 3.39. The Morgan fingerprint density at radius 3 is 2.66 bits per heavy atom. The molecule has 1 heterocycles. The van der Waals surface area contributed by atoms with Crippen LogP contribution in [0, 0.1) is 13.8 Å². The van der Waals surface area contributed by atoms with E-state index in [1.807, 2.05) is 26.0 Å². The molecule has 1 atom stereocenters. The molecule has 0 spiro atoms. The molecule has 9 heteroatoms. The van der Waals surface area contributed by atoms with Gasteiger partial charge in [0.05, 0.1) is 0 Å². The maximum atomic E-state index is 11.2. The molecule has 0 aliphatic heterocycles. The van der Waals surface area contributed by atoms with Crippen molar-refractivity contribution < 1.29 is 24.3 Å². The lowest BCUT2D eigenvalue weighted by Gasteiger charge is -2.17. The fraction of sp³-hybridized carbons (Fsp3) is 0.483. The first-order valence-electron chi connectivity index (χ1n) is 13.2. The number of hydrogen-bond donors (Lipinski definition) is 3. The Morgan fingerprint density at radius 1 is 1.16 bits per heavy atom. The van der Waals surface area contributed by atoms with Gasteiger partial charge in [0.15, 0.2) is 0 Å². The molecule has 3 rings (SSSR count). The van der Waals surface area contributed by atoms with Crippen molar-refractivity contribution in [2.45, 2.75) is 59.6 Å². The molecule has 1 aromatic heterocycles. The predicted molar refractivity (Wildman–Crippen MR) is 147 cm³/mol. The van der Waals surface area contributed by atoms with E-state index >= 15 is 0 Å². The zero-order valence-corrected chi connectivity index (χ0v) is 23.1. The highest BCUT2D eigenvalue weighted by atomic mass is 16.5. The van der Waals surface area contributed by atoms with Crippen LogP contribution in [0.25, 0.3) is 22.8 Å². The van der Waals surface area contributed by atoms with Gasteiger partial charge >= 0.3 is 0 Å². The molecule has 3 aromatic rings. The number of ether oxygens (including phenoxy) is 1. The third kappa shape index (κ3) is 8.11. The topological polar surface area (TPSA) is 121 Å². The van der Waals surface area contributed by atoms with Crippen LogP contribution < -0.4 is 10.1 Å². The minimum absolute atomic E-state index is 0.000674. The van der Waals surface area contributed by atoms with Gasteiger partial charge in [0.25, 0.3) is 5.89 Å². The second-order valence-electron chi connectivity index (χ2n) is 9.78. The predicted octanol–water partition coefficient (Wildman–Crippen LogP) is 3.66. The Kier molecular flexibility index (Phi) is 10.8. The summed E-state index contributed by atoms with van der Waals surface area (Å²) in [5.74, 6) is 1.12. The third-order valence-corrected chi connectivity index (χ3v) is 6.25. The van der Waals surface area contributed by atoms with Crippen molar-refractivity contribution in [1.82, 2.24) is 20.4 Å². The molecule has 9 nitrogen and oxygen atoms in total. The summed E-state index contributed by atoms with van der Waals surface area (Å²) in [6.45, 7) is 9.54. The summed E-state index contributed by atoms with van der Waals surface area (Å²) in [7, 11) is 2.14. The Hall–Kier alpha value is -3.27. The fourth-order valence-corrected chi connectivity index (χ4v) is 4.33. The first-order valence-corrected chi connectivity index (χ1v) is 13.2. The Balaban J connectivity index is 1.76. The number of amides is 1. The summed E-state index contributed by atoms with van der Waals surface area (Å²) in [6.07, 6.45) is 2.15. The van der Waals surface area contributed by atoms with Crippen LogP contribution in [0.5, 0.6) is 5.75 Å². The van der Waals surface area contributed by atoms with Crippen molar-refractivity contribution in [3.63, 3.8) is 0 Å². The lowest BCUT2D eigenvalue weighted by molar-refractivity contribution is -0.124. The average molecular weight is 525 g/mol. The molecular formula is C29H40N4O5. The van der Waals surface area contributed by atoms with Gasteiger partial charge in [0.2, 0.25) is 11.7 Å². The molecule has 38 heavy (non-hydrogen) atoms. The molecule has 1 amide bonds. The van der Waals surface area contributed by atoms with Gasteiger partial charge in [-0.3, -0.25) is 4.79 Å². The standard InChI is InChI=1S/C29H40N4O5/c1-6-8-9-33(5)16-21-10-19(3)11-24(13-21)29-31-28(32-38-29)23-12-20(4)27(22(7-2)14-23)37-18-25(35)15-30-26(36)17-34/h10-14,25,34-35H,6-9,15-18H2,1-5H3,(H,30,36). The molecule has 0 bridgehead atoms. The lowest BCUT2D eigenvalue weighted by atomic mass is 10.0. The number of aliphatic hydroxyl groups excluding tert-OH is 2. The second-order valence-corrected chi connectivity index (χ2v) is 9.78. The van der Waals surface area contributed by atoms with Crippen molar-refractivity contribution in [2.75, 3.05) is 33.4 Å². The number of rotatable bonds is 14. The number of aryl methyl sites for hydroxylation is 3. The molecule has 0 aliphatic rings. The van der Waals surface area contributed by atoms with Gasteiger partial charge in [-0.2, -0.15) is 4.98 Å². The summed E-state index contributed by atoms with van der Waals surface area (Å²) >= 11 is 0. The molecule has 0 saturated heterocycles. The number of aliphatic hydroxyl groups is 2. The third-order valence-electron chi connectivity index (χ3n) is 6.25. The smallest absolute Gasteiger partial charge is 0.258 e. The summed E-state index contributed by atoms with van der Waals surface area (Å²) in [5, 5.41) is 25.6. The highest BCUT2D eigenvalue weighted by Crippen LogP contribution is 2.31. The molecule has 0 aliphatic carbocycles. The van der Waals surface area contributed by atoms with Crippen LogP contribution >= 0.6 is 0 Å². The summed E-state index contributed by atoms with van der Waals surface area (Å²) in [5.41, 5.74) is 5.91. The monoisotopic (exact) mass is 524 g/mol. The molecule has 206 valence electrons. The van der Waals surface area contributed by atoms with E-state index in [1.54, 1.807) is 0 Å². The molecule has 0 fully saturated rings. The molecule has 0 radical (unpaired) electrons. The van der Waals surface area contributed by atoms with Gasteiger partial charge in [-0.15, -0.1) is 0 Å². The van der Waals surface area contributed by atoms with Crippen LogP contribution in [0.2, 0.25) is 0 Å². The fourth-order valence-electron chi connectivity index (χ4n) is 4.33. The second kappa shape index (κ2) is 14.0. The highest BCUT2D eigenvalue weighted by Gasteiger charge is 2.17. The van der Waals surface area contributed by atoms with Gasteiger partial charge in [0.1, 0.15) is 25.1 Å². The summed E-state index contributed by atoms with van der Waals surface area (Å²) < 4.78 is 11.6. The van der Waals surface area contributed by atoms with Gasteiger partial charge in [-0.1, -0.05) is 37.1 Å². The number of carbonyl (C=O) groups excluding carboxylic acids is 1. The number of aromatic nitrogens is 2. The summed E-state index contributed by atoms with van der Waals surface area (Å²) in [4.78, 5) is 18.2. The van der Waals surface area contributed by atoms with Crippen LogP contribution in [0.3, 0.4) is 0 Å². The number of benzene rings is 2. The first-order chi connectivity index (χ1) is 18.2. The van der Waals surface area contributed by atoms with Crippen molar-refractivity contribution in [3.05, 3.63) is 52.6 Å². The number of hydrogen-bond acceptors (Lipinski definition) is 8. The highest BCUT2D eigenvalue weighted by molar-refractivity contribution is 5.76. The molecule has 2 aromatic carbocycles. The summed E-state index contributed by atoms with van der Waals surface area (Å²) in [6, 6.07) is 10.3. The number of nitrogens with zero attached hydrogens (tertiary/aromatic N) is 3. The van der Waals surface area contributed by atoms with Crippen LogP contribution in [0.1, 0.15) is 48.9 Å². The lowest BCUT2D eigenvalue weighted by Crippen LogP contribution is -2.36. The maximum absolute atomic E-state index is 11.2. The molecule has 1 unspecified atom stereocenters. The van der Waals surface area contributed by atoms with Gasteiger partial charge in [-0.25, -0.2) is 0 Å². The minimum Gasteiger partial charge on any atom is -0.490 e. The minimum atomic E-state index is -0.903. The van der Waals surface area contributed by atoms with E-state index in [4.69, 9.17) is 19.4 Å². The number of carbonyl (C=O) groups is 1. The van der Waals surface area contributed by atoms with Crippen LogP contribution in [0.15, 0.2) is 34.9 Å². The zero-order valence-electron chi connectivity index (χ0n) is 23.1. The van der Waals surface area contributed by atoms with Gasteiger partial charge < -0.3 is 29.7 Å². The Bertz CT molecular complexity index is 1210. The van der Waals surface area contributed by atoms with Crippen molar-refractivity contribution >= 4 is 5.91 Å². The van der Waals surface area contributed by atoms with E-state index in [0.717, 1.165) is 40.9 Å². The zero-order chi connectivity index (χ0) is 27.7. The van der Waals surface area contributed by atoms with Crippen molar-refractivity contribution in [3.8, 4) is 28.6 Å². The van der Waals surface area contributed by atoms with Crippen LogP contribution in [-0.2, 0) is 17.8 Å². The van der Waals surface area contributed by atoms with Crippen LogP contribution in [-0.4, -0.2) is 70.6 Å². The largest absolute Gasteiger partial charge is 0.490 e. The molecular weight excluding hydrogens is 484 g/mol. The van der Waals surface area contributed by atoms with Crippen molar-refractivity contribution in [2.24, 2.45) is 0 Å². The Morgan fingerprint density at radius 2 is 1.95 bits per heavy atom. The molecule has 0 saturated carbocycles. The first kappa shape index (κ1) is 29.3. The van der Waals surface area contributed by atoms with E-state index in [0.29, 0.717) is 23.9 Å². The van der Waals surface area contributed by atoms with E-state index in [9.17, 15) is 9.90 Å². The molecule has 3 N–H and O–H groups in total. The quantitative estimate of drug-likeness (QED) is 0.292. The maximum Gasteiger partial charge on any atom is 0.258 e. The normalized spacial score (nSPS) is 12.1. The number of unbranched alkanes of at least 4 members (excludes halogenated alkanes) is 1. The Labute approximate surface area is 224 Å². The number of nitrogens with one attached hydrogen (secondary N) is 1. The SMILES string of the molecule is CCCCN(C)Cc1cc(C)cc(-c2nc(-c3cc(C)c(OCC(O)CNC(=O)CO)c(CC)c3)no2)c1. The van der Waals surface area contributed by atoms with Crippen molar-refractivity contribution in [1.29, 1.82) is 0 Å². The van der Waals surface area contributed by atoms with Gasteiger partial charge in [-0.05, 0) is 81.2 Å². The van der Waals surface area contributed by atoms with E-state index in [-0.39, 0.29) is 13.2 Å².